The Balaban J connectivity index is 2.01. The summed E-state index contributed by atoms with van der Waals surface area (Å²) in [5, 5.41) is 3.52. The van der Waals surface area contributed by atoms with E-state index in [1.807, 2.05) is 38.2 Å². The fraction of sp³-hybridized carbons (Fsp3) is 0.316. The van der Waals surface area contributed by atoms with Crippen LogP contribution in [0.3, 0.4) is 0 Å². The first-order valence-corrected chi connectivity index (χ1v) is 8.39. The Labute approximate surface area is 153 Å². The molecule has 2 aromatic carbocycles. The van der Waals surface area contributed by atoms with Crippen molar-refractivity contribution in [2.45, 2.75) is 13.5 Å². The number of aryl methyl sites for hydroxylation is 1. The van der Waals surface area contributed by atoms with Gasteiger partial charge in [0.25, 0.3) is 5.91 Å². The molecule has 1 atom stereocenters. The molecular formula is C19H24ClN2O3+. The predicted octanol–water partition coefficient (Wildman–Crippen LogP) is 2.32. The van der Waals surface area contributed by atoms with Gasteiger partial charge in [0.1, 0.15) is 6.54 Å². The molecule has 0 saturated heterocycles. The number of benzene rings is 2. The predicted molar refractivity (Wildman–Crippen MR) is 99.8 cm³/mol. The van der Waals surface area contributed by atoms with Crippen LogP contribution in [0.4, 0.5) is 5.69 Å². The molecule has 0 aliphatic heterocycles. The summed E-state index contributed by atoms with van der Waals surface area (Å²) in [6.07, 6.45) is 0. The summed E-state index contributed by atoms with van der Waals surface area (Å²) in [6.45, 7) is 2.90. The van der Waals surface area contributed by atoms with Crippen molar-refractivity contribution in [1.82, 2.24) is 0 Å². The number of anilines is 1. The van der Waals surface area contributed by atoms with E-state index in [4.69, 9.17) is 21.1 Å². The second-order valence-corrected chi connectivity index (χ2v) is 6.41. The van der Waals surface area contributed by atoms with Gasteiger partial charge in [0, 0.05) is 10.7 Å². The van der Waals surface area contributed by atoms with Crippen LogP contribution in [0.5, 0.6) is 11.5 Å². The molecule has 0 fully saturated rings. The highest BCUT2D eigenvalue weighted by molar-refractivity contribution is 6.31. The van der Waals surface area contributed by atoms with Gasteiger partial charge in [0.15, 0.2) is 18.0 Å². The van der Waals surface area contributed by atoms with Crippen LogP contribution < -0.4 is 19.7 Å². The first kappa shape index (κ1) is 19.1. The molecule has 0 radical (unpaired) electrons. The van der Waals surface area contributed by atoms with E-state index in [0.717, 1.165) is 21.7 Å². The molecule has 1 unspecified atom stereocenters. The molecule has 0 saturated carbocycles. The monoisotopic (exact) mass is 363 g/mol. The Morgan fingerprint density at radius 3 is 2.64 bits per heavy atom. The van der Waals surface area contributed by atoms with E-state index >= 15 is 0 Å². The lowest BCUT2D eigenvalue weighted by atomic mass is 10.1. The van der Waals surface area contributed by atoms with Crippen molar-refractivity contribution in [1.29, 1.82) is 0 Å². The summed E-state index contributed by atoms with van der Waals surface area (Å²) in [4.78, 5) is 13.4. The topological polar surface area (TPSA) is 52.0 Å². The van der Waals surface area contributed by atoms with Crippen molar-refractivity contribution in [3.8, 4) is 11.5 Å². The van der Waals surface area contributed by atoms with Crippen molar-refractivity contribution >= 4 is 23.2 Å². The van der Waals surface area contributed by atoms with Crippen LogP contribution in [-0.2, 0) is 11.3 Å². The van der Waals surface area contributed by atoms with Gasteiger partial charge >= 0.3 is 0 Å². The lowest BCUT2D eigenvalue weighted by Crippen LogP contribution is -3.08. The normalized spacial score (nSPS) is 11.7. The van der Waals surface area contributed by atoms with Crippen molar-refractivity contribution in [2.75, 3.05) is 33.1 Å². The number of methoxy groups -OCH3 is 2. The molecule has 2 rings (SSSR count). The van der Waals surface area contributed by atoms with Crippen LogP contribution >= 0.6 is 11.6 Å². The van der Waals surface area contributed by atoms with Crippen LogP contribution in [0.15, 0.2) is 36.4 Å². The van der Waals surface area contributed by atoms with Gasteiger partial charge in [-0.05, 0) is 36.8 Å². The van der Waals surface area contributed by atoms with Gasteiger partial charge in [0.05, 0.1) is 26.8 Å². The molecule has 0 spiro atoms. The fourth-order valence-corrected chi connectivity index (χ4v) is 2.85. The highest BCUT2D eigenvalue weighted by Crippen LogP contribution is 2.30. The summed E-state index contributed by atoms with van der Waals surface area (Å²) in [7, 11) is 5.19. The smallest absolute Gasteiger partial charge is 0.279 e. The molecule has 25 heavy (non-hydrogen) atoms. The Morgan fingerprint density at radius 2 is 1.96 bits per heavy atom. The molecule has 6 heteroatoms. The number of hydrogen-bond acceptors (Lipinski definition) is 3. The number of para-hydroxylation sites is 1. The fourth-order valence-electron chi connectivity index (χ4n) is 2.68. The Morgan fingerprint density at radius 1 is 1.20 bits per heavy atom. The lowest BCUT2D eigenvalue weighted by molar-refractivity contribution is -0.885. The molecular weight excluding hydrogens is 340 g/mol. The average Bonchev–Trinajstić information content (AvgIpc) is 2.57. The van der Waals surface area contributed by atoms with Crippen molar-refractivity contribution in [3.63, 3.8) is 0 Å². The van der Waals surface area contributed by atoms with Gasteiger partial charge in [-0.15, -0.1) is 0 Å². The Kier molecular flexibility index (Phi) is 6.67. The summed E-state index contributed by atoms with van der Waals surface area (Å²) in [5.74, 6) is 1.33. The van der Waals surface area contributed by atoms with Crippen molar-refractivity contribution in [2.24, 2.45) is 0 Å². The largest absolute Gasteiger partial charge is 0.493 e. The minimum Gasteiger partial charge on any atom is -0.493 e. The lowest BCUT2D eigenvalue weighted by Gasteiger charge is -2.17. The number of hydrogen-bond donors (Lipinski definition) is 2. The maximum absolute atomic E-state index is 12.3. The summed E-state index contributed by atoms with van der Waals surface area (Å²) >= 11 is 5.99. The number of ether oxygens (including phenoxy) is 2. The van der Waals surface area contributed by atoms with E-state index in [0.29, 0.717) is 29.6 Å². The zero-order valence-electron chi connectivity index (χ0n) is 15.0. The number of amides is 1. The van der Waals surface area contributed by atoms with Crippen molar-refractivity contribution in [3.05, 3.63) is 52.5 Å². The number of rotatable bonds is 7. The number of carbonyl (C=O) groups excluding carboxylic acids is 1. The average molecular weight is 364 g/mol. The Bertz CT molecular complexity index is 749. The Hall–Kier alpha value is -2.24. The van der Waals surface area contributed by atoms with Crippen LogP contribution in [0, 0.1) is 6.92 Å². The van der Waals surface area contributed by atoms with E-state index in [1.165, 1.54) is 0 Å². The van der Waals surface area contributed by atoms with Gasteiger partial charge in [0.2, 0.25) is 0 Å². The second kappa shape index (κ2) is 8.74. The minimum atomic E-state index is -0.0651. The van der Waals surface area contributed by atoms with Crippen LogP contribution in [0.1, 0.15) is 11.1 Å². The van der Waals surface area contributed by atoms with Crippen LogP contribution in [-0.4, -0.2) is 33.7 Å². The molecule has 0 bridgehead atoms. The summed E-state index contributed by atoms with van der Waals surface area (Å²) in [5.41, 5.74) is 2.71. The first-order valence-electron chi connectivity index (χ1n) is 8.01. The van der Waals surface area contributed by atoms with Gasteiger partial charge in [-0.3, -0.25) is 4.79 Å². The van der Waals surface area contributed by atoms with E-state index < -0.39 is 0 Å². The van der Waals surface area contributed by atoms with E-state index in [9.17, 15) is 4.79 Å². The maximum Gasteiger partial charge on any atom is 0.279 e. The van der Waals surface area contributed by atoms with Gasteiger partial charge in [-0.25, -0.2) is 0 Å². The molecule has 0 aromatic heterocycles. The third-order valence-electron chi connectivity index (χ3n) is 3.91. The quantitative estimate of drug-likeness (QED) is 0.793. The third-order valence-corrected chi connectivity index (χ3v) is 4.15. The zero-order chi connectivity index (χ0) is 18.4. The summed E-state index contributed by atoms with van der Waals surface area (Å²) in [6, 6.07) is 11.2. The first-order chi connectivity index (χ1) is 11.9. The van der Waals surface area contributed by atoms with Crippen molar-refractivity contribution < 1.29 is 19.2 Å². The van der Waals surface area contributed by atoms with Gasteiger partial charge < -0.3 is 19.7 Å². The van der Waals surface area contributed by atoms with Gasteiger partial charge in [-0.1, -0.05) is 23.7 Å². The number of halogens is 1. The van der Waals surface area contributed by atoms with Gasteiger partial charge in [-0.2, -0.15) is 0 Å². The molecule has 5 nitrogen and oxygen atoms in total. The number of carbonyl (C=O) groups is 1. The van der Waals surface area contributed by atoms with E-state index in [1.54, 1.807) is 26.4 Å². The number of nitrogens with one attached hydrogen (secondary N) is 2. The second-order valence-electron chi connectivity index (χ2n) is 5.97. The molecule has 134 valence electrons. The molecule has 0 aliphatic rings. The third kappa shape index (κ3) is 5.11. The molecule has 0 aliphatic carbocycles. The minimum absolute atomic E-state index is 0.0651. The molecule has 2 aromatic rings. The number of quaternary nitrogens is 1. The number of likely N-dealkylation sites (N-methyl/N-ethyl adjacent to an activating group) is 1. The van der Waals surface area contributed by atoms with E-state index in [2.05, 4.69) is 5.32 Å². The summed E-state index contributed by atoms with van der Waals surface area (Å²) < 4.78 is 10.8. The molecule has 0 heterocycles. The maximum atomic E-state index is 12.3. The zero-order valence-corrected chi connectivity index (χ0v) is 15.7. The molecule has 1 amide bonds. The highest BCUT2D eigenvalue weighted by atomic mass is 35.5. The SMILES string of the molecule is COc1cccc(C[NH+](C)CC(=O)Nc2cc(Cl)ccc2C)c1OC. The van der Waals surface area contributed by atoms with E-state index in [-0.39, 0.29) is 5.91 Å². The standard InChI is InChI=1S/C19H23ClN2O3/c1-13-8-9-15(20)10-16(13)21-18(23)12-22(2)11-14-6-5-7-17(24-3)19(14)25-4/h5-10H,11-12H2,1-4H3,(H,21,23)/p+1. The van der Waals surface area contributed by atoms with Crippen LogP contribution in [0.25, 0.3) is 0 Å². The molecule has 2 N–H and O–H groups in total. The van der Waals surface area contributed by atoms with Crippen LogP contribution in [0.2, 0.25) is 5.02 Å². The highest BCUT2D eigenvalue weighted by Gasteiger charge is 2.16.